The molecule has 5 nitrogen and oxygen atoms in total. The predicted molar refractivity (Wildman–Crippen MR) is 90.2 cm³/mol. The topological polar surface area (TPSA) is 57.3 Å². The largest absolute Gasteiger partial charge is 0.384 e. The summed E-state index contributed by atoms with van der Waals surface area (Å²) in [4.78, 5) is 18.7. The molecular weight excluding hydrogens is 276 g/mol. The van der Waals surface area contributed by atoms with E-state index in [1.807, 2.05) is 26.2 Å². The van der Waals surface area contributed by atoms with E-state index in [1.54, 1.807) is 6.20 Å². The maximum atomic E-state index is 12.3. The smallest absolute Gasteiger partial charge is 0.270 e. The van der Waals surface area contributed by atoms with Crippen molar-refractivity contribution in [1.29, 1.82) is 0 Å². The summed E-state index contributed by atoms with van der Waals surface area (Å²) < 4.78 is 0. The number of carbonyl (C=O) groups is 1. The first-order valence-corrected chi connectivity index (χ1v) is 8.30. The quantitative estimate of drug-likeness (QED) is 0.793. The summed E-state index contributed by atoms with van der Waals surface area (Å²) >= 11 is 0. The van der Waals surface area contributed by atoms with Gasteiger partial charge in [-0.2, -0.15) is 0 Å². The molecule has 0 aliphatic heterocycles. The van der Waals surface area contributed by atoms with Crippen LogP contribution in [0.5, 0.6) is 0 Å². The average Bonchev–Trinajstić information content (AvgIpc) is 2.76. The number of hydrogen-bond acceptors (Lipinski definition) is 4. The van der Waals surface area contributed by atoms with Gasteiger partial charge in [0.1, 0.15) is 5.69 Å². The number of nitrogens with one attached hydrogen (secondary N) is 2. The predicted octanol–water partition coefficient (Wildman–Crippen LogP) is 2.51. The van der Waals surface area contributed by atoms with Crippen molar-refractivity contribution >= 4 is 11.6 Å². The Labute approximate surface area is 133 Å². The summed E-state index contributed by atoms with van der Waals surface area (Å²) in [6, 6.07) is 4.04. The zero-order chi connectivity index (χ0) is 15.8. The standard InChI is InChI=1S/C17H28N4O/c1-21(2)12-11-18-15-9-10-19-16(13-15)17(22)20-14-7-5-3-4-6-8-14/h9-10,13-14H,3-8,11-12H2,1-2H3,(H,18,19)(H,20,22). The maximum absolute atomic E-state index is 12.3. The number of likely N-dealkylation sites (N-methyl/N-ethyl adjacent to an activating group) is 1. The van der Waals surface area contributed by atoms with Crippen LogP contribution in [0.4, 0.5) is 5.69 Å². The Kier molecular flexibility index (Phi) is 6.65. The third-order valence-electron chi connectivity index (χ3n) is 4.07. The van der Waals surface area contributed by atoms with Gasteiger partial charge in [0.2, 0.25) is 0 Å². The summed E-state index contributed by atoms with van der Waals surface area (Å²) in [6.45, 7) is 1.80. The molecule has 0 aromatic carbocycles. The summed E-state index contributed by atoms with van der Waals surface area (Å²) in [5.74, 6) is -0.0526. The lowest BCUT2D eigenvalue weighted by Gasteiger charge is -2.16. The van der Waals surface area contributed by atoms with Crippen molar-refractivity contribution in [3.63, 3.8) is 0 Å². The molecule has 1 amide bonds. The van der Waals surface area contributed by atoms with Crippen LogP contribution in [-0.2, 0) is 0 Å². The van der Waals surface area contributed by atoms with Crippen LogP contribution < -0.4 is 10.6 Å². The van der Waals surface area contributed by atoms with Crippen molar-refractivity contribution in [1.82, 2.24) is 15.2 Å². The number of amides is 1. The molecule has 1 aromatic heterocycles. The molecule has 0 atom stereocenters. The van der Waals surface area contributed by atoms with Crippen LogP contribution in [0.15, 0.2) is 18.3 Å². The molecule has 2 N–H and O–H groups in total. The second kappa shape index (κ2) is 8.73. The molecule has 0 spiro atoms. The Balaban J connectivity index is 1.88. The van der Waals surface area contributed by atoms with Gasteiger partial charge >= 0.3 is 0 Å². The number of rotatable bonds is 6. The Morgan fingerprint density at radius 2 is 2.00 bits per heavy atom. The second-order valence-electron chi connectivity index (χ2n) is 6.32. The van der Waals surface area contributed by atoms with E-state index in [4.69, 9.17) is 0 Å². The zero-order valence-corrected chi connectivity index (χ0v) is 13.8. The molecular formula is C17H28N4O. The summed E-state index contributed by atoms with van der Waals surface area (Å²) in [5, 5.41) is 6.46. The molecule has 0 unspecified atom stereocenters. The molecule has 122 valence electrons. The maximum Gasteiger partial charge on any atom is 0.270 e. The minimum absolute atomic E-state index is 0.0526. The fourth-order valence-corrected chi connectivity index (χ4v) is 2.77. The van der Waals surface area contributed by atoms with Crippen LogP contribution in [-0.4, -0.2) is 49.0 Å². The number of nitrogens with zero attached hydrogens (tertiary/aromatic N) is 2. The number of hydrogen-bond donors (Lipinski definition) is 2. The normalized spacial score (nSPS) is 16.3. The molecule has 2 rings (SSSR count). The Bertz CT molecular complexity index is 467. The number of anilines is 1. The summed E-state index contributed by atoms with van der Waals surface area (Å²) in [6.07, 6.45) is 8.87. The fourth-order valence-electron chi connectivity index (χ4n) is 2.77. The first kappa shape index (κ1) is 16.7. The van der Waals surface area contributed by atoms with E-state index in [0.29, 0.717) is 11.7 Å². The van der Waals surface area contributed by atoms with E-state index in [-0.39, 0.29) is 5.91 Å². The van der Waals surface area contributed by atoms with Gasteiger partial charge in [0.15, 0.2) is 0 Å². The van der Waals surface area contributed by atoms with Crippen LogP contribution in [0.2, 0.25) is 0 Å². The van der Waals surface area contributed by atoms with Crippen molar-refractivity contribution in [2.75, 3.05) is 32.5 Å². The first-order chi connectivity index (χ1) is 10.6. The van der Waals surface area contributed by atoms with E-state index >= 15 is 0 Å². The lowest BCUT2D eigenvalue weighted by Crippen LogP contribution is -2.34. The fraction of sp³-hybridized carbons (Fsp3) is 0.647. The monoisotopic (exact) mass is 304 g/mol. The van der Waals surface area contributed by atoms with Gasteiger partial charge in [0, 0.05) is 31.0 Å². The molecule has 1 aromatic rings. The molecule has 1 aliphatic rings. The highest BCUT2D eigenvalue weighted by molar-refractivity contribution is 5.93. The number of pyridine rings is 1. The Morgan fingerprint density at radius 1 is 1.27 bits per heavy atom. The first-order valence-electron chi connectivity index (χ1n) is 8.30. The highest BCUT2D eigenvalue weighted by Crippen LogP contribution is 2.17. The Morgan fingerprint density at radius 3 is 2.68 bits per heavy atom. The van der Waals surface area contributed by atoms with Crippen molar-refractivity contribution in [2.24, 2.45) is 0 Å². The van der Waals surface area contributed by atoms with E-state index in [2.05, 4.69) is 20.5 Å². The van der Waals surface area contributed by atoms with Crippen LogP contribution in [0, 0.1) is 0 Å². The number of carbonyl (C=O) groups excluding carboxylic acids is 1. The molecule has 0 saturated heterocycles. The lowest BCUT2D eigenvalue weighted by molar-refractivity contribution is 0.0928. The molecule has 1 fully saturated rings. The van der Waals surface area contributed by atoms with E-state index in [9.17, 15) is 4.79 Å². The average molecular weight is 304 g/mol. The zero-order valence-electron chi connectivity index (χ0n) is 13.8. The van der Waals surface area contributed by atoms with Crippen LogP contribution in [0.1, 0.15) is 49.0 Å². The van der Waals surface area contributed by atoms with Gasteiger partial charge in [-0.05, 0) is 39.1 Å². The molecule has 1 aliphatic carbocycles. The van der Waals surface area contributed by atoms with Gasteiger partial charge in [-0.15, -0.1) is 0 Å². The van der Waals surface area contributed by atoms with E-state index < -0.39 is 0 Å². The van der Waals surface area contributed by atoms with Crippen molar-refractivity contribution in [3.8, 4) is 0 Å². The van der Waals surface area contributed by atoms with Crippen LogP contribution in [0.25, 0.3) is 0 Å². The molecule has 22 heavy (non-hydrogen) atoms. The minimum atomic E-state index is -0.0526. The highest BCUT2D eigenvalue weighted by atomic mass is 16.1. The molecule has 0 bridgehead atoms. The molecule has 5 heteroatoms. The molecule has 1 saturated carbocycles. The van der Waals surface area contributed by atoms with Gasteiger partial charge in [0.05, 0.1) is 0 Å². The lowest BCUT2D eigenvalue weighted by atomic mass is 10.1. The van der Waals surface area contributed by atoms with Crippen molar-refractivity contribution in [2.45, 2.75) is 44.6 Å². The number of aromatic nitrogens is 1. The SMILES string of the molecule is CN(C)CCNc1ccnc(C(=O)NC2CCCCCC2)c1. The Hall–Kier alpha value is -1.62. The van der Waals surface area contributed by atoms with Crippen molar-refractivity contribution in [3.05, 3.63) is 24.0 Å². The van der Waals surface area contributed by atoms with Gasteiger partial charge in [0.25, 0.3) is 5.91 Å². The van der Waals surface area contributed by atoms with Gasteiger partial charge in [-0.3, -0.25) is 9.78 Å². The van der Waals surface area contributed by atoms with Gasteiger partial charge in [-0.25, -0.2) is 0 Å². The van der Waals surface area contributed by atoms with Crippen LogP contribution in [0.3, 0.4) is 0 Å². The highest BCUT2D eigenvalue weighted by Gasteiger charge is 2.16. The summed E-state index contributed by atoms with van der Waals surface area (Å²) in [7, 11) is 4.08. The van der Waals surface area contributed by atoms with Crippen molar-refractivity contribution < 1.29 is 4.79 Å². The molecule has 1 heterocycles. The minimum Gasteiger partial charge on any atom is -0.384 e. The van der Waals surface area contributed by atoms with Gasteiger partial charge in [-0.1, -0.05) is 25.7 Å². The second-order valence-corrected chi connectivity index (χ2v) is 6.32. The van der Waals surface area contributed by atoms with Crippen LogP contribution >= 0.6 is 0 Å². The van der Waals surface area contributed by atoms with E-state index in [1.165, 1.54) is 25.7 Å². The third kappa shape index (κ3) is 5.64. The molecule has 0 radical (unpaired) electrons. The third-order valence-corrected chi connectivity index (χ3v) is 4.07. The summed E-state index contributed by atoms with van der Waals surface area (Å²) in [5.41, 5.74) is 1.45. The van der Waals surface area contributed by atoms with E-state index in [0.717, 1.165) is 31.6 Å². The van der Waals surface area contributed by atoms with Gasteiger partial charge < -0.3 is 15.5 Å².